The van der Waals surface area contributed by atoms with Gasteiger partial charge in [0.2, 0.25) is 0 Å². The average molecular weight is 291 g/mol. The molecule has 1 unspecified atom stereocenters. The molecule has 112 valence electrons. The lowest BCUT2D eigenvalue weighted by Crippen LogP contribution is -2.39. The summed E-state index contributed by atoms with van der Waals surface area (Å²) in [7, 11) is 1.29. The molecule has 0 saturated heterocycles. The van der Waals surface area contributed by atoms with Crippen LogP contribution in [-0.2, 0) is 22.3 Å². The van der Waals surface area contributed by atoms with Gasteiger partial charge in [-0.05, 0) is 25.3 Å². The van der Waals surface area contributed by atoms with Gasteiger partial charge in [0, 0.05) is 18.8 Å². The summed E-state index contributed by atoms with van der Waals surface area (Å²) in [4.78, 5) is 11.6. The molecule has 0 spiro atoms. The Labute approximate surface area is 114 Å². The monoisotopic (exact) mass is 291 g/mol. The molecule has 5 nitrogen and oxygen atoms in total. The van der Waals surface area contributed by atoms with Crippen molar-refractivity contribution in [1.82, 2.24) is 15.1 Å². The van der Waals surface area contributed by atoms with Crippen LogP contribution in [-0.4, -0.2) is 34.9 Å². The van der Waals surface area contributed by atoms with Crippen LogP contribution in [0.15, 0.2) is 12.3 Å². The quantitative estimate of drug-likeness (QED) is 0.809. The Morgan fingerprint density at radius 3 is 2.80 bits per heavy atom. The van der Waals surface area contributed by atoms with E-state index in [-0.39, 0.29) is 6.54 Å². The first kappa shape index (κ1) is 14.8. The van der Waals surface area contributed by atoms with Crippen molar-refractivity contribution in [3.8, 4) is 0 Å². The number of carbonyl (C=O) groups excluding carboxylic acids is 1. The Morgan fingerprint density at radius 1 is 1.60 bits per heavy atom. The number of esters is 1. The van der Waals surface area contributed by atoms with E-state index in [4.69, 9.17) is 0 Å². The predicted octanol–water partition coefficient (Wildman–Crippen LogP) is 1.59. The lowest BCUT2D eigenvalue weighted by molar-refractivity contribution is -0.144. The van der Waals surface area contributed by atoms with Crippen molar-refractivity contribution in [1.29, 1.82) is 0 Å². The van der Waals surface area contributed by atoms with Crippen molar-refractivity contribution < 1.29 is 22.7 Å². The second kappa shape index (κ2) is 5.82. The van der Waals surface area contributed by atoms with Crippen molar-refractivity contribution in [2.45, 2.75) is 44.1 Å². The average Bonchev–Trinajstić information content (AvgIpc) is 3.06. The molecule has 1 N–H and O–H groups in total. The molecule has 1 fully saturated rings. The van der Waals surface area contributed by atoms with Crippen molar-refractivity contribution >= 4 is 5.97 Å². The van der Waals surface area contributed by atoms with Crippen LogP contribution in [0, 0.1) is 0 Å². The molecule has 20 heavy (non-hydrogen) atoms. The van der Waals surface area contributed by atoms with Gasteiger partial charge >= 0.3 is 12.1 Å². The molecule has 0 radical (unpaired) electrons. The molecule has 8 heteroatoms. The number of methoxy groups -OCH3 is 1. The summed E-state index contributed by atoms with van der Waals surface area (Å²) in [5.41, 5.74) is -0.928. The summed E-state index contributed by atoms with van der Waals surface area (Å²) < 4.78 is 43.1. The van der Waals surface area contributed by atoms with Gasteiger partial charge in [-0.3, -0.25) is 9.48 Å². The highest BCUT2D eigenvalue weighted by Gasteiger charge is 2.34. The van der Waals surface area contributed by atoms with Gasteiger partial charge in [-0.25, -0.2) is 0 Å². The lowest BCUT2D eigenvalue weighted by Gasteiger charge is -2.15. The second-order valence-corrected chi connectivity index (χ2v) is 4.77. The highest BCUT2D eigenvalue weighted by atomic mass is 19.4. The van der Waals surface area contributed by atoms with Gasteiger partial charge in [0.1, 0.15) is 6.04 Å². The van der Waals surface area contributed by atoms with Gasteiger partial charge in [-0.2, -0.15) is 18.3 Å². The molecule has 1 aliphatic rings. The molecule has 0 bridgehead atoms. The topological polar surface area (TPSA) is 56.2 Å². The minimum absolute atomic E-state index is 0.218. The Kier molecular flexibility index (Phi) is 4.32. The fourth-order valence-corrected chi connectivity index (χ4v) is 1.84. The minimum atomic E-state index is -4.45. The molecule has 1 aliphatic carbocycles. The summed E-state index contributed by atoms with van der Waals surface area (Å²) in [6.45, 7) is 0.218. The van der Waals surface area contributed by atoms with Gasteiger partial charge in [-0.15, -0.1) is 0 Å². The molecular formula is C12H16F3N3O2. The summed E-state index contributed by atoms with van der Waals surface area (Å²) in [6, 6.07) is 0.718. The number of hydrogen-bond acceptors (Lipinski definition) is 4. The molecule has 1 aromatic rings. The third-order valence-corrected chi connectivity index (χ3v) is 3.08. The molecule has 0 aromatic carbocycles. The molecule has 2 rings (SSSR count). The van der Waals surface area contributed by atoms with Crippen LogP contribution < -0.4 is 5.32 Å². The van der Waals surface area contributed by atoms with Crippen LogP contribution >= 0.6 is 0 Å². The number of nitrogens with zero attached hydrogens (tertiary/aromatic N) is 2. The second-order valence-electron chi connectivity index (χ2n) is 4.77. The van der Waals surface area contributed by atoms with Crippen molar-refractivity contribution in [3.05, 3.63) is 18.0 Å². The number of rotatable bonds is 6. The van der Waals surface area contributed by atoms with Crippen molar-refractivity contribution in [2.75, 3.05) is 7.11 Å². The standard InChI is InChI=1S/C12H16F3N3O2/c1-20-11(19)9(16-8-2-3-8)4-6-18-7-5-10(17-18)12(13,14)15/h5,7-9,16H,2-4,6H2,1H3. The van der Waals surface area contributed by atoms with E-state index in [2.05, 4.69) is 15.2 Å². The zero-order valence-electron chi connectivity index (χ0n) is 11.0. The van der Waals surface area contributed by atoms with E-state index in [9.17, 15) is 18.0 Å². The third-order valence-electron chi connectivity index (χ3n) is 3.08. The van der Waals surface area contributed by atoms with Gasteiger partial charge in [0.25, 0.3) is 0 Å². The number of hydrogen-bond donors (Lipinski definition) is 1. The SMILES string of the molecule is COC(=O)C(CCn1ccc(C(F)(F)F)n1)NC1CC1. The van der Waals surface area contributed by atoms with E-state index in [1.165, 1.54) is 18.0 Å². The molecule has 0 amide bonds. The van der Waals surface area contributed by atoms with Gasteiger partial charge < -0.3 is 10.1 Å². The molecule has 1 atom stereocenters. The zero-order chi connectivity index (χ0) is 14.8. The maximum atomic E-state index is 12.4. The Bertz CT molecular complexity index is 469. The van der Waals surface area contributed by atoms with Gasteiger partial charge in [0.05, 0.1) is 7.11 Å². The molecule has 0 aliphatic heterocycles. The number of carbonyl (C=O) groups is 1. The molecular weight excluding hydrogens is 275 g/mol. The van der Waals surface area contributed by atoms with E-state index in [0.29, 0.717) is 12.5 Å². The van der Waals surface area contributed by atoms with E-state index in [1.54, 1.807) is 0 Å². The number of ether oxygens (including phenoxy) is 1. The van der Waals surface area contributed by atoms with Crippen LogP contribution in [0.1, 0.15) is 25.0 Å². The Hall–Kier alpha value is -1.57. The van der Waals surface area contributed by atoms with E-state index in [0.717, 1.165) is 18.9 Å². The number of nitrogens with one attached hydrogen (secondary N) is 1. The molecule has 1 aromatic heterocycles. The fraction of sp³-hybridized carbons (Fsp3) is 0.667. The number of halogens is 3. The summed E-state index contributed by atoms with van der Waals surface area (Å²) in [5, 5.41) is 6.56. The largest absolute Gasteiger partial charge is 0.468 e. The fourth-order valence-electron chi connectivity index (χ4n) is 1.84. The summed E-state index contributed by atoms with van der Waals surface area (Å²) in [5.74, 6) is -0.403. The van der Waals surface area contributed by atoms with E-state index in [1.807, 2.05) is 0 Å². The van der Waals surface area contributed by atoms with E-state index >= 15 is 0 Å². The lowest BCUT2D eigenvalue weighted by atomic mass is 10.2. The molecule has 1 heterocycles. The van der Waals surface area contributed by atoms with Gasteiger partial charge in [0.15, 0.2) is 5.69 Å². The van der Waals surface area contributed by atoms with Crippen LogP contribution in [0.3, 0.4) is 0 Å². The first-order valence-electron chi connectivity index (χ1n) is 6.34. The highest BCUT2D eigenvalue weighted by Crippen LogP contribution is 2.27. The first-order chi connectivity index (χ1) is 9.40. The normalized spacial score (nSPS) is 17.0. The first-order valence-corrected chi connectivity index (χ1v) is 6.34. The van der Waals surface area contributed by atoms with Crippen LogP contribution in [0.25, 0.3) is 0 Å². The Balaban J connectivity index is 1.91. The van der Waals surface area contributed by atoms with Crippen LogP contribution in [0.5, 0.6) is 0 Å². The predicted molar refractivity (Wildman–Crippen MR) is 63.8 cm³/mol. The maximum Gasteiger partial charge on any atom is 0.435 e. The smallest absolute Gasteiger partial charge is 0.435 e. The van der Waals surface area contributed by atoms with Crippen molar-refractivity contribution in [2.24, 2.45) is 0 Å². The third kappa shape index (κ3) is 3.96. The highest BCUT2D eigenvalue weighted by molar-refractivity contribution is 5.75. The van der Waals surface area contributed by atoms with Crippen LogP contribution in [0.4, 0.5) is 13.2 Å². The summed E-state index contributed by atoms with van der Waals surface area (Å²) >= 11 is 0. The maximum absolute atomic E-state index is 12.4. The van der Waals surface area contributed by atoms with Gasteiger partial charge in [-0.1, -0.05) is 0 Å². The minimum Gasteiger partial charge on any atom is -0.468 e. The van der Waals surface area contributed by atoms with E-state index < -0.39 is 23.9 Å². The number of aromatic nitrogens is 2. The van der Waals surface area contributed by atoms with Crippen molar-refractivity contribution in [3.63, 3.8) is 0 Å². The Morgan fingerprint density at radius 2 is 2.30 bits per heavy atom. The zero-order valence-corrected chi connectivity index (χ0v) is 11.0. The summed E-state index contributed by atoms with van der Waals surface area (Å²) in [6.07, 6.45) is -0.837. The van der Waals surface area contributed by atoms with Crippen LogP contribution in [0.2, 0.25) is 0 Å². The molecule has 1 saturated carbocycles. The number of alkyl halides is 3. The number of aryl methyl sites for hydroxylation is 1.